The minimum Gasteiger partial charge on any atom is -0.506 e. The molecule has 2 aromatic rings. The van der Waals surface area contributed by atoms with Crippen LogP contribution in [-0.2, 0) is 22.3 Å². The van der Waals surface area contributed by atoms with E-state index in [0.29, 0.717) is 22.6 Å². The van der Waals surface area contributed by atoms with Crippen LogP contribution in [0.3, 0.4) is 0 Å². The van der Waals surface area contributed by atoms with Crippen molar-refractivity contribution in [2.75, 3.05) is 0 Å². The average Bonchev–Trinajstić information content (AvgIpc) is 2.49. The van der Waals surface area contributed by atoms with Crippen molar-refractivity contribution in [1.82, 2.24) is 4.98 Å². The highest BCUT2D eigenvalue weighted by atomic mass is 31.1. The van der Waals surface area contributed by atoms with E-state index in [1.54, 1.807) is 31.2 Å². The van der Waals surface area contributed by atoms with Crippen LogP contribution in [0.5, 0.6) is 11.5 Å². The molecular weight excluding hydrogens is 293 g/mol. The number of aromatic nitrogens is 1. The third kappa shape index (κ3) is 3.98. The van der Waals surface area contributed by atoms with Gasteiger partial charge in [-0.1, -0.05) is 18.2 Å². The molecule has 0 aliphatic rings. The first-order chi connectivity index (χ1) is 10.1. The Balaban J connectivity index is 2.00. The molecule has 0 aliphatic carbocycles. The summed E-state index contributed by atoms with van der Waals surface area (Å²) in [6.07, 6.45) is 1.46. The maximum atomic E-state index is 11.7. The van der Waals surface area contributed by atoms with Gasteiger partial charge in [-0.15, -0.1) is 4.52 Å². The standard InChI is InChI=1S/C14H14NO5P/c1-10-14(17)13(8-16)11(7-15-10)9-19-21(18)20-12-5-3-2-4-6-12/h2-7,16H,8-9H2,1H3/p+1. The van der Waals surface area contributed by atoms with Gasteiger partial charge in [-0.25, -0.2) is 4.52 Å². The van der Waals surface area contributed by atoms with Gasteiger partial charge < -0.3 is 10.2 Å². The van der Waals surface area contributed by atoms with Gasteiger partial charge in [-0.3, -0.25) is 4.98 Å². The van der Waals surface area contributed by atoms with E-state index in [9.17, 15) is 14.8 Å². The molecule has 7 heteroatoms. The normalized spacial score (nSPS) is 11.2. The predicted octanol–water partition coefficient (Wildman–Crippen LogP) is 2.84. The zero-order valence-corrected chi connectivity index (χ0v) is 12.3. The molecule has 0 saturated heterocycles. The number of benzene rings is 1. The van der Waals surface area contributed by atoms with Gasteiger partial charge in [0.2, 0.25) is 0 Å². The highest BCUT2D eigenvalue weighted by Crippen LogP contribution is 2.31. The molecule has 0 radical (unpaired) electrons. The molecule has 0 amide bonds. The van der Waals surface area contributed by atoms with E-state index >= 15 is 0 Å². The molecule has 1 heterocycles. The molecule has 1 atom stereocenters. The topological polar surface area (TPSA) is 88.9 Å². The highest BCUT2D eigenvalue weighted by molar-refractivity contribution is 7.33. The first kappa shape index (κ1) is 15.4. The molecule has 0 fully saturated rings. The lowest BCUT2D eigenvalue weighted by Crippen LogP contribution is -2.00. The van der Waals surface area contributed by atoms with E-state index in [4.69, 9.17) is 9.05 Å². The summed E-state index contributed by atoms with van der Waals surface area (Å²) in [7, 11) is -2.36. The first-order valence-electron chi connectivity index (χ1n) is 6.22. The summed E-state index contributed by atoms with van der Waals surface area (Å²) in [4.78, 5) is 3.97. The Morgan fingerprint density at radius 2 is 2.00 bits per heavy atom. The summed E-state index contributed by atoms with van der Waals surface area (Å²) in [5.41, 5.74) is 1.18. The van der Waals surface area contributed by atoms with Crippen molar-refractivity contribution in [3.05, 3.63) is 53.3 Å². The number of aliphatic hydroxyl groups excluding tert-OH is 1. The minimum absolute atomic E-state index is 0.0846. The van der Waals surface area contributed by atoms with Crippen LogP contribution >= 0.6 is 8.25 Å². The minimum atomic E-state index is -2.36. The van der Waals surface area contributed by atoms with Crippen LogP contribution in [0.4, 0.5) is 0 Å². The molecular formula is C14H15NO5P+. The van der Waals surface area contributed by atoms with Gasteiger partial charge in [0, 0.05) is 21.9 Å². The van der Waals surface area contributed by atoms with E-state index in [1.165, 1.54) is 6.20 Å². The zero-order chi connectivity index (χ0) is 15.2. The number of hydrogen-bond donors (Lipinski definition) is 2. The molecule has 21 heavy (non-hydrogen) atoms. The molecule has 2 N–H and O–H groups in total. The predicted molar refractivity (Wildman–Crippen MR) is 76.0 cm³/mol. The second-order valence-electron chi connectivity index (χ2n) is 4.26. The van der Waals surface area contributed by atoms with Gasteiger partial charge in [0.25, 0.3) is 0 Å². The Hall–Kier alpha value is -2.01. The fourth-order valence-electron chi connectivity index (χ4n) is 1.70. The van der Waals surface area contributed by atoms with E-state index in [2.05, 4.69) is 4.98 Å². The number of nitrogens with zero attached hydrogens (tertiary/aromatic N) is 1. The summed E-state index contributed by atoms with van der Waals surface area (Å²) in [5, 5.41) is 19.1. The van der Waals surface area contributed by atoms with E-state index in [0.717, 1.165) is 0 Å². The van der Waals surface area contributed by atoms with Crippen molar-refractivity contribution in [3.8, 4) is 11.5 Å². The van der Waals surface area contributed by atoms with Gasteiger partial charge in [0.1, 0.15) is 12.4 Å². The summed E-state index contributed by atoms with van der Waals surface area (Å²) in [6.45, 7) is 1.18. The smallest absolute Gasteiger partial charge is 0.506 e. The van der Waals surface area contributed by atoms with Crippen LogP contribution in [0.15, 0.2) is 36.5 Å². The lowest BCUT2D eigenvalue weighted by Gasteiger charge is -2.08. The molecule has 110 valence electrons. The number of hydrogen-bond acceptors (Lipinski definition) is 6. The van der Waals surface area contributed by atoms with Crippen molar-refractivity contribution >= 4 is 8.25 Å². The van der Waals surface area contributed by atoms with Crippen LogP contribution in [-0.4, -0.2) is 15.2 Å². The first-order valence-corrected chi connectivity index (χ1v) is 7.31. The maximum absolute atomic E-state index is 11.7. The fraction of sp³-hybridized carbons (Fsp3) is 0.214. The van der Waals surface area contributed by atoms with Crippen molar-refractivity contribution < 1.29 is 23.8 Å². The van der Waals surface area contributed by atoms with Crippen molar-refractivity contribution in [1.29, 1.82) is 0 Å². The second kappa shape index (κ2) is 7.13. The van der Waals surface area contributed by atoms with Gasteiger partial charge >= 0.3 is 8.25 Å². The molecule has 0 spiro atoms. The molecule has 0 aliphatic heterocycles. The molecule has 6 nitrogen and oxygen atoms in total. The highest BCUT2D eigenvalue weighted by Gasteiger charge is 2.23. The number of aromatic hydroxyl groups is 1. The van der Waals surface area contributed by atoms with Crippen LogP contribution in [0, 0.1) is 6.92 Å². The number of para-hydroxylation sites is 1. The molecule has 1 aromatic heterocycles. The van der Waals surface area contributed by atoms with Crippen LogP contribution < -0.4 is 4.52 Å². The van der Waals surface area contributed by atoms with Gasteiger partial charge in [-0.2, -0.15) is 0 Å². The quantitative estimate of drug-likeness (QED) is 0.798. The van der Waals surface area contributed by atoms with Gasteiger partial charge in [0.15, 0.2) is 5.75 Å². The second-order valence-corrected chi connectivity index (χ2v) is 5.14. The van der Waals surface area contributed by atoms with Crippen molar-refractivity contribution in [2.45, 2.75) is 20.1 Å². The maximum Gasteiger partial charge on any atom is 0.750 e. The molecule has 1 aromatic carbocycles. The lowest BCUT2D eigenvalue weighted by atomic mass is 10.1. The fourth-order valence-corrected chi connectivity index (χ4v) is 2.29. The number of aryl methyl sites for hydroxylation is 1. The SMILES string of the molecule is Cc1ncc(CO[P+](=O)Oc2ccccc2)c(CO)c1O. The summed E-state index contributed by atoms with van der Waals surface area (Å²) in [6, 6.07) is 8.65. The number of pyridine rings is 1. The van der Waals surface area contributed by atoms with Crippen LogP contribution in [0.25, 0.3) is 0 Å². The van der Waals surface area contributed by atoms with Crippen molar-refractivity contribution in [3.63, 3.8) is 0 Å². The lowest BCUT2D eigenvalue weighted by molar-refractivity contribution is 0.255. The zero-order valence-electron chi connectivity index (χ0n) is 11.4. The summed E-state index contributed by atoms with van der Waals surface area (Å²) in [5.74, 6) is 0.351. The third-order valence-corrected chi connectivity index (χ3v) is 3.54. The monoisotopic (exact) mass is 308 g/mol. The molecule has 1 unspecified atom stereocenters. The molecule has 2 rings (SSSR count). The molecule has 0 bridgehead atoms. The summed E-state index contributed by atoms with van der Waals surface area (Å²) < 4.78 is 21.9. The van der Waals surface area contributed by atoms with Gasteiger partial charge in [0.05, 0.1) is 12.3 Å². The third-order valence-electron chi connectivity index (χ3n) is 2.84. The number of rotatable bonds is 6. The Labute approximate surface area is 122 Å². The van der Waals surface area contributed by atoms with E-state index in [1.807, 2.05) is 6.07 Å². The Morgan fingerprint density at radius 1 is 1.29 bits per heavy atom. The largest absolute Gasteiger partial charge is 0.750 e. The van der Waals surface area contributed by atoms with Crippen LogP contribution in [0.2, 0.25) is 0 Å². The summed E-state index contributed by atoms with van der Waals surface area (Å²) >= 11 is 0. The van der Waals surface area contributed by atoms with E-state index < -0.39 is 8.25 Å². The number of aliphatic hydroxyl groups is 1. The van der Waals surface area contributed by atoms with Gasteiger partial charge in [-0.05, 0) is 19.1 Å². The Morgan fingerprint density at radius 3 is 2.67 bits per heavy atom. The van der Waals surface area contributed by atoms with E-state index in [-0.39, 0.29) is 19.0 Å². The van der Waals surface area contributed by atoms with Crippen LogP contribution in [0.1, 0.15) is 16.8 Å². The molecule has 0 saturated carbocycles. The van der Waals surface area contributed by atoms with Crippen molar-refractivity contribution in [2.24, 2.45) is 0 Å². The Kier molecular flexibility index (Phi) is 5.22. The Bertz CT molecular complexity index is 633. The average molecular weight is 308 g/mol.